The molecule has 6 heteroatoms. The summed E-state index contributed by atoms with van der Waals surface area (Å²) in [6.45, 7) is 4.16. The molecule has 0 aliphatic carbocycles. The Morgan fingerprint density at radius 3 is 2.80 bits per heavy atom. The lowest BCUT2D eigenvalue weighted by atomic mass is 10.1. The molecular formula is C19H17ClN4O. The van der Waals surface area contributed by atoms with Crippen molar-refractivity contribution in [1.29, 1.82) is 0 Å². The summed E-state index contributed by atoms with van der Waals surface area (Å²) in [6, 6.07) is 13.3. The average molecular weight is 353 g/mol. The first-order chi connectivity index (χ1) is 12.1. The fraction of sp³-hybridized carbons (Fsp3) is 0.105. The molecule has 2 heterocycles. The molecule has 0 fully saturated rings. The van der Waals surface area contributed by atoms with Gasteiger partial charge in [0, 0.05) is 18.1 Å². The summed E-state index contributed by atoms with van der Waals surface area (Å²) in [5.41, 5.74) is 7.10. The van der Waals surface area contributed by atoms with Gasteiger partial charge in [-0.25, -0.2) is 10.4 Å². The van der Waals surface area contributed by atoms with Crippen LogP contribution in [0.25, 0.3) is 5.69 Å². The van der Waals surface area contributed by atoms with Crippen molar-refractivity contribution in [3.63, 3.8) is 0 Å². The molecule has 0 bridgehead atoms. The standard InChI is InChI=1S/C19H17ClN4O/c1-13-7-8-15(11-14(13)2)24-10-4-5-16(24)12-22-23-19(25)17-6-3-9-21-18(17)20/h3-12H,1-2H3,(H,23,25). The lowest BCUT2D eigenvalue weighted by molar-refractivity contribution is 0.0955. The van der Waals surface area contributed by atoms with E-state index in [1.54, 1.807) is 18.3 Å². The molecule has 1 N–H and O–H groups in total. The second-order valence-corrected chi connectivity index (χ2v) is 5.97. The number of aryl methyl sites for hydroxylation is 2. The average Bonchev–Trinajstić information content (AvgIpc) is 3.06. The molecule has 1 amide bonds. The van der Waals surface area contributed by atoms with E-state index in [0.29, 0.717) is 0 Å². The van der Waals surface area contributed by atoms with Gasteiger partial charge >= 0.3 is 0 Å². The molecule has 0 saturated heterocycles. The second kappa shape index (κ2) is 7.32. The molecule has 0 aliphatic rings. The van der Waals surface area contributed by atoms with Crippen LogP contribution >= 0.6 is 11.6 Å². The van der Waals surface area contributed by atoms with Crippen LogP contribution in [0.5, 0.6) is 0 Å². The van der Waals surface area contributed by atoms with E-state index in [0.717, 1.165) is 11.4 Å². The molecule has 0 atom stereocenters. The summed E-state index contributed by atoms with van der Waals surface area (Å²) in [6.07, 6.45) is 5.07. The molecule has 0 unspecified atom stereocenters. The highest BCUT2D eigenvalue weighted by Gasteiger charge is 2.09. The third kappa shape index (κ3) is 3.78. The van der Waals surface area contributed by atoms with Crippen LogP contribution in [0.1, 0.15) is 27.2 Å². The number of aromatic nitrogens is 2. The lowest BCUT2D eigenvalue weighted by Crippen LogP contribution is -2.18. The maximum atomic E-state index is 12.1. The normalized spacial score (nSPS) is 11.0. The lowest BCUT2D eigenvalue weighted by Gasteiger charge is -2.09. The minimum absolute atomic E-state index is 0.147. The van der Waals surface area contributed by atoms with E-state index in [1.807, 2.05) is 29.0 Å². The number of nitrogens with zero attached hydrogens (tertiary/aromatic N) is 3. The number of hydrogen-bond acceptors (Lipinski definition) is 3. The van der Waals surface area contributed by atoms with Gasteiger partial charge in [0.05, 0.1) is 17.5 Å². The van der Waals surface area contributed by atoms with Gasteiger partial charge in [-0.3, -0.25) is 4.79 Å². The molecule has 25 heavy (non-hydrogen) atoms. The zero-order valence-electron chi connectivity index (χ0n) is 13.9. The van der Waals surface area contributed by atoms with E-state index in [-0.39, 0.29) is 10.7 Å². The highest BCUT2D eigenvalue weighted by Crippen LogP contribution is 2.16. The van der Waals surface area contributed by atoms with Crippen molar-refractivity contribution in [2.45, 2.75) is 13.8 Å². The molecule has 3 rings (SSSR count). The topological polar surface area (TPSA) is 59.3 Å². The number of amides is 1. The van der Waals surface area contributed by atoms with Gasteiger partial charge in [0.25, 0.3) is 5.91 Å². The van der Waals surface area contributed by atoms with Crippen molar-refractivity contribution in [1.82, 2.24) is 15.0 Å². The van der Waals surface area contributed by atoms with Crippen LogP contribution in [0.15, 0.2) is 60.0 Å². The Balaban J connectivity index is 1.77. The number of rotatable bonds is 4. The van der Waals surface area contributed by atoms with Crippen molar-refractivity contribution in [3.8, 4) is 5.69 Å². The summed E-state index contributed by atoms with van der Waals surface area (Å²) in [7, 11) is 0. The van der Waals surface area contributed by atoms with Crippen LogP contribution in [0, 0.1) is 13.8 Å². The number of benzene rings is 1. The number of hydrazone groups is 1. The van der Waals surface area contributed by atoms with Crippen LogP contribution in [0.4, 0.5) is 0 Å². The van der Waals surface area contributed by atoms with E-state index in [1.165, 1.54) is 17.3 Å². The van der Waals surface area contributed by atoms with Gasteiger partial charge in [-0.05, 0) is 61.4 Å². The Morgan fingerprint density at radius 2 is 2.04 bits per heavy atom. The fourth-order valence-corrected chi connectivity index (χ4v) is 2.59. The predicted molar refractivity (Wildman–Crippen MR) is 99.6 cm³/mol. The van der Waals surface area contributed by atoms with Gasteiger partial charge in [-0.1, -0.05) is 17.7 Å². The minimum Gasteiger partial charge on any atom is -0.316 e. The maximum Gasteiger partial charge on any atom is 0.274 e. The van der Waals surface area contributed by atoms with E-state index in [9.17, 15) is 4.79 Å². The third-order valence-corrected chi connectivity index (χ3v) is 4.22. The Labute approximate surface area is 151 Å². The molecule has 2 aromatic heterocycles. The summed E-state index contributed by atoms with van der Waals surface area (Å²) >= 11 is 5.90. The molecule has 1 aromatic carbocycles. The SMILES string of the molecule is Cc1ccc(-n2cccc2C=NNC(=O)c2cccnc2Cl)cc1C. The Hall–Kier alpha value is -2.92. The molecule has 0 aliphatic heterocycles. The number of hydrogen-bond donors (Lipinski definition) is 1. The van der Waals surface area contributed by atoms with Crippen molar-refractivity contribution < 1.29 is 4.79 Å². The van der Waals surface area contributed by atoms with Crippen molar-refractivity contribution in [2.75, 3.05) is 0 Å². The number of nitrogens with one attached hydrogen (secondary N) is 1. The molecule has 3 aromatic rings. The number of carbonyl (C=O) groups excluding carboxylic acids is 1. The van der Waals surface area contributed by atoms with E-state index < -0.39 is 5.91 Å². The van der Waals surface area contributed by atoms with Gasteiger partial charge in [-0.2, -0.15) is 5.10 Å². The third-order valence-electron chi connectivity index (χ3n) is 3.92. The van der Waals surface area contributed by atoms with Crippen molar-refractivity contribution in [2.24, 2.45) is 5.10 Å². The molecular weight excluding hydrogens is 336 g/mol. The van der Waals surface area contributed by atoms with Gasteiger partial charge in [-0.15, -0.1) is 0 Å². The quantitative estimate of drug-likeness (QED) is 0.439. The van der Waals surface area contributed by atoms with Crippen LogP contribution in [-0.2, 0) is 0 Å². The Bertz CT molecular complexity index is 946. The highest BCUT2D eigenvalue weighted by molar-refractivity contribution is 6.32. The number of halogens is 1. The molecule has 5 nitrogen and oxygen atoms in total. The van der Waals surface area contributed by atoms with Crippen LogP contribution in [0.2, 0.25) is 5.15 Å². The predicted octanol–water partition coefficient (Wildman–Crippen LogP) is 3.91. The maximum absolute atomic E-state index is 12.1. The van der Waals surface area contributed by atoms with E-state index >= 15 is 0 Å². The molecule has 0 saturated carbocycles. The first-order valence-corrected chi connectivity index (χ1v) is 8.13. The monoisotopic (exact) mass is 352 g/mol. The highest BCUT2D eigenvalue weighted by atomic mass is 35.5. The van der Waals surface area contributed by atoms with Gasteiger partial charge < -0.3 is 4.57 Å². The number of pyridine rings is 1. The zero-order chi connectivity index (χ0) is 17.8. The van der Waals surface area contributed by atoms with Gasteiger partial charge in [0.15, 0.2) is 0 Å². The molecule has 0 spiro atoms. The van der Waals surface area contributed by atoms with Crippen molar-refractivity contribution in [3.05, 3.63) is 82.4 Å². The van der Waals surface area contributed by atoms with E-state index in [4.69, 9.17) is 11.6 Å². The first-order valence-electron chi connectivity index (χ1n) is 7.75. The molecule has 126 valence electrons. The Kier molecular flexibility index (Phi) is 4.95. The zero-order valence-corrected chi connectivity index (χ0v) is 14.7. The van der Waals surface area contributed by atoms with Gasteiger partial charge in [0.1, 0.15) is 5.15 Å². The largest absolute Gasteiger partial charge is 0.316 e. The Morgan fingerprint density at radius 1 is 1.20 bits per heavy atom. The fourth-order valence-electron chi connectivity index (χ4n) is 2.38. The van der Waals surface area contributed by atoms with Crippen molar-refractivity contribution >= 4 is 23.7 Å². The minimum atomic E-state index is -0.404. The summed E-state index contributed by atoms with van der Waals surface area (Å²) < 4.78 is 2.00. The smallest absolute Gasteiger partial charge is 0.274 e. The summed E-state index contributed by atoms with van der Waals surface area (Å²) in [5, 5.41) is 4.17. The second-order valence-electron chi connectivity index (χ2n) is 5.61. The van der Waals surface area contributed by atoms with Gasteiger partial charge in [0.2, 0.25) is 0 Å². The van der Waals surface area contributed by atoms with Crippen LogP contribution < -0.4 is 5.43 Å². The first kappa shape index (κ1) is 16.9. The molecule has 0 radical (unpaired) electrons. The summed E-state index contributed by atoms with van der Waals surface area (Å²) in [4.78, 5) is 16.0. The van der Waals surface area contributed by atoms with Crippen LogP contribution in [-0.4, -0.2) is 21.7 Å². The summed E-state index contributed by atoms with van der Waals surface area (Å²) in [5.74, 6) is -0.404. The van der Waals surface area contributed by atoms with E-state index in [2.05, 4.69) is 41.5 Å². The van der Waals surface area contributed by atoms with Crippen LogP contribution in [0.3, 0.4) is 0 Å². The number of carbonyl (C=O) groups is 1.